The quantitative estimate of drug-likeness (QED) is 0.517. The van der Waals surface area contributed by atoms with Gasteiger partial charge in [-0.25, -0.2) is 9.59 Å². The zero-order valence-electron chi connectivity index (χ0n) is 17.8. The SMILES string of the molecule is CC(NC(=O)C(NC(=O)OCC1c2ccccc2-c2ccccc21)C(F)(F)F)(C(=O)O)C(F)(F)F. The summed E-state index contributed by atoms with van der Waals surface area (Å²) < 4.78 is 84.3. The van der Waals surface area contributed by atoms with Gasteiger partial charge in [-0.2, -0.15) is 26.3 Å². The van der Waals surface area contributed by atoms with Gasteiger partial charge in [0.1, 0.15) is 6.61 Å². The molecule has 0 saturated carbocycles. The number of hydrogen-bond acceptors (Lipinski definition) is 4. The van der Waals surface area contributed by atoms with Gasteiger partial charge >= 0.3 is 24.4 Å². The lowest BCUT2D eigenvalue weighted by Crippen LogP contribution is -2.66. The molecule has 0 radical (unpaired) electrons. The molecule has 2 amide bonds. The van der Waals surface area contributed by atoms with Crippen molar-refractivity contribution in [3.8, 4) is 11.1 Å². The smallest absolute Gasteiger partial charge is 0.422 e. The van der Waals surface area contributed by atoms with E-state index < -0.39 is 54.4 Å². The fourth-order valence-electron chi connectivity index (χ4n) is 3.62. The zero-order valence-corrected chi connectivity index (χ0v) is 17.8. The van der Waals surface area contributed by atoms with Gasteiger partial charge in [-0.05, 0) is 29.2 Å². The number of carboxylic acids is 1. The second-order valence-corrected chi connectivity index (χ2v) is 7.86. The highest BCUT2D eigenvalue weighted by atomic mass is 19.4. The van der Waals surface area contributed by atoms with Crippen LogP contribution in [0.5, 0.6) is 0 Å². The van der Waals surface area contributed by atoms with Crippen molar-refractivity contribution in [3.63, 3.8) is 0 Å². The molecule has 0 bridgehead atoms. The third kappa shape index (κ3) is 5.03. The summed E-state index contributed by atoms with van der Waals surface area (Å²) >= 11 is 0. The third-order valence-corrected chi connectivity index (χ3v) is 5.56. The van der Waals surface area contributed by atoms with E-state index in [0.717, 1.165) is 27.6 Å². The van der Waals surface area contributed by atoms with Crippen molar-refractivity contribution in [2.24, 2.45) is 0 Å². The maximum atomic E-state index is 13.4. The minimum atomic E-state index is -5.63. The molecule has 0 saturated heterocycles. The van der Waals surface area contributed by atoms with Crippen molar-refractivity contribution < 1.29 is 50.6 Å². The molecule has 13 heteroatoms. The fourth-order valence-corrected chi connectivity index (χ4v) is 3.62. The normalized spacial score (nSPS) is 15.9. The number of aliphatic carboxylic acids is 1. The molecule has 2 aromatic rings. The number of nitrogens with one attached hydrogen (secondary N) is 2. The number of ether oxygens (including phenoxy) is 1. The highest BCUT2D eigenvalue weighted by Crippen LogP contribution is 2.44. The Labute approximate surface area is 194 Å². The molecule has 0 aliphatic heterocycles. The van der Waals surface area contributed by atoms with E-state index in [-0.39, 0.29) is 6.92 Å². The molecular weight excluding hydrogens is 486 g/mol. The largest absolute Gasteiger partial charge is 0.479 e. The second kappa shape index (κ2) is 9.12. The van der Waals surface area contributed by atoms with E-state index in [1.807, 2.05) is 12.1 Å². The summed E-state index contributed by atoms with van der Waals surface area (Å²) in [6.45, 7) is -0.449. The van der Waals surface area contributed by atoms with E-state index in [4.69, 9.17) is 9.84 Å². The summed E-state index contributed by atoms with van der Waals surface area (Å²) in [6.07, 6.45) is -12.9. The van der Waals surface area contributed by atoms with Crippen LogP contribution in [0.15, 0.2) is 48.5 Å². The summed E-state index contributed by atoms with van der Waals surface area (Å²) in [5, 5.41) is 10.8. The van der Waals surface area contributed by atoms with E-state index >= 15 is 0 Å². The summed E-state index contributed by atoms with van der Waals surface area (Å²) in [5.41, 5.74) is -0.867. The highest BCUT2D eigenvalue weighted by Gasteiger charge is 2.60. The van der Waals surface area contributed by atoms with E-state index in [1.54, 1.807) is 36.4 Å². The Morgan fingerprint density at radius 1 is 0.943 bits per heavy atom. The monoisotopic (exact) mass is 504 g/mol. The van der Waals surface area contributed by atoms with E-state index in [2.05, 4.69) is 0 Å². The number of carbonyl (C=O) groups excluding carboxylic acids is 2. The second-order valence-electron chi connectivity index (χ2n) is 7.86. The van der Waals surface area contributed by atoms with Crippen LogP contribution in [-0.2, 0) is 14.3 Å². The molecule has 2 unspecified atom stereocenters. The Balaban J connectivity index is 1.75. The minimum Gasteiger partial charge on any atom is -0.479 e. The Hall–Kier alpha value is -3.77. The molecule has 0 fully saturated rings. The molecular formula is C22H18F6N2O5. The number of amides is 2. The average molecular weight is 504 g/mol. The van der Waals surface area contributed by atoms with Crippen molar-refractivity contribution in [2.45, 2.75) is 36.8 Å². The number of carboxylic acid groups (broad SMARTS) is 1. The van der Waals surface area contributed by atoms with Gasteiger partial charge in [-0.15, -0.1) is 0 Å². The summed E-state index contributed by atoms with van der Waals surface area (Å²) in [6, 6.07) is 10.6. The zero-order chi connectivity index (χ0) is 26.2. The number of benzene rings is 2. The molecule has 0 aromatic heterocycles. The molecule has 0 heterocycles. The lowest BCUT2D eigenvalue weighted by Gasteiger charge is -2.31. The Morgan fingerprint density at radius 2 is 1.43 bits per heavy atom. The van der Waals surface area contributed by atoms with Gasteiger partial charge in [0.2, 0.25) is 11.6 Å². The lowest BCUT2D eigenvalue weighted by molar-refractivity contribution is -0.210. The van der Waals surface area contributed by atoms with Gasteiger partial charge in [0.25, 0.3) is 5.91 Å². The minimum absolute atomic E-state index is 0.0199. The number of alkyl carbamates (subject to hydrolysis) is 1. The molecule has 0 spiro atoms. The summed E-state index contributed by atoms with van der Waals surface area (Å²) in [7, 11) is 0. The molecule has 2 atom stereocenters. The number of rotatable bonds is 6. The van der Waals surface area contributed by atoms with Crippen LogP contribution in [0.3, 0.4) is 0 Å². The Kier molecular flexibility index (Phi) is 6.73. The molecule has 3 N–H and O–H groups in total. The van der Waals surface area contributed by atoms with Gasteiger partial charge < -0.3 is 20.5 Å². The van der Waals surface area contributed by atoms with Gasteiger partial charge in [0.05, 0.1) is 0 Å². The molecule has 35 heavy (non-hydrogen) atoms. The van der Waals surface area contributed by atoms with E-state index in [9.17, 15) is 40.7 Å². The highest BCUT2D eigenvalue weighted by molar-refractivity contribution is 5.92. The summed E-state index contributed by atoms with van der Waals surface area (Å²) in [5.74, 6) is -5.60. The predicted octanol–water partition coefficient (Wildman–Crippen LogP) is 3.98. The van der Waals surface area contributed by atoms with Crippen molar-refractivity contribution in [2.75, 3.05) is 6.61 Å². The van der Waals surface area contributed by atoms with Crippen LogP contribution < -0.4 is 10.6 Å². The van der Waals surface area contributed by atoms with Crippen LogP contribution in [0.4, 0.5) is 31.1 Å². The van der Waals surface area contributed by atoms with Crippen LogP contribution in [0.1, 0.15) is 24.0 Å². The van der Waals surface area contributed by atoms with Crippen molar-refractivity contribution in [3.05, 3.63) is 59.7 Å². The van der Waals surface area contributed by atoms with Crippen LogP contribution in [-0.4, -0.2) is 53.6 Å². The van der Waals surface area contributed by atoms with Gasteiger partial charge in [-0.1, -0.05) is 48.5 Å². The molecule has 7 nitrogen and oxygen atoms in total. The number of carbonyl (C=O) groups is 3. The Morgan fingerprint density at radius 3 is 1.86 bits per heavy atom. The first kappa shape index (κ1) is 25.8. The van der Waals surface area contributed by atoms with E-state index in [0.29, 0.717) is 0 Å². The van der Waals surface area contributed by atoms with Crippen molar-refractivity contribution >= 4 is 18.0 Å². The first-order chi connectivity index (χ1) is 16.2. The first-order valence-electron chi connectivity index (χ1n) is 9.97. The summed E-state index contributed by atoms with van der Waals surface area (Å²) in [4.78, 5) is 35.2. The lowest BCUT2D eigenvalue weighted by atomic mass is 9.98. The fraction of sp³-hybridized carbons (Fsp3) is 0.318. The predicted molar refractivity (Wildman–Crippen MR) is 108 cm³/mol. The topological polar surface area (TPSA) is 105 Å². The third-order valence-electron chi connectivity index (χ3n) is 5.56. The Bertz CT molecular complexity index is 1100. The van der Waals surface area contributed by atoms with Gasteiger partial charge in [0, 0.05) is 5.92 Å². The maximum absolute atomic E-state index is 13.4. The maximum Gasteiger partial charge on any atom is 0.422 e. The van der Waals surface area contributed by atoms with Crippen LogP contribution in [0.25, 0.3) is 11.1 Å². The number of fused-ring (bicyclic) bond motifs is 3. The van der Waals surface area contributed by atoms with Gasteiger partial charge in [0.15, 0.2) is 0 Å². The molecule has 1 aliphatic rings. The number of hydrogen-bond donors (Lipinski definition) is 3. The van der Waals surface area contributed by atoms with Gasteiger partial charge in [-0.3, -0.25) is 4.79 Å². The molecule has 188 valence electrons. The standard InChI is InChI=1S/C22H18F6N2O5/c1-20(18(32)33,22(26,27)28)30-17(31)16(21(23,24)25)29-19(34)35-10-15-13-8-4-2-6-11(13)12-7-3-5-9-14(12)15/h2-9,15-16H,10H2,1H3,(H,29,34)(H,30,31)(H,32,33). The van der Waals surface area contributed by atoms with Crippen LogP contribution in [0, 0.1) is 0 Å². The number of alkyl halides is 6. The van der Waals surface area contributed by atoms with Crippen LogP contribution >= 0.6 is 0 Å². The van der Waals surface area contributed by atoms with Crippen LogP contribution in [0.2, 0.25) is 0 Å². The van der Waals surface area contributed by atoms with Crippen molar-refractivity contribution in [1.29, 1.82) is 0 Å². The average Bonchev–Trinajstić information content (AvgIpc) is 3.08. The molecule has 2 aromatic carbocycles. The van der Waals surface area contributed by atoms with Crippen molar-refractivity contribution in [1.82, 2.24) is 10.6 Å². The van der Waals surface area contributed by atoms with E-state index in [1.165, 1.54) is 5.32 Å². The first-order valence-corrected chi connectivity index (χ1v) is 9.97. The molecule has 1 aliphatic carbocycles. The number of halogens is 6. The molecule has 3 rings (SSSR count).